The molecule has 3 rings (SSSR count). The molecule has 1 heterocycles. The lowest BCUT2D eigenvalue weighted by Gasteiger charge is -2.20. The summed E-state index contributed by atoms with van der Waals surface area (Å²) in [5.74, 6) is 0. The second-order valence-corrected chi connectivity index (χ2v) is 6.02. The fourth-order valence-corrected chi connectivity index (χ4v) is 3.22. The van der Waals surface area contributed by atoms with Gasteiger partial charge in [0.25, 0.3) is 0 Å². The highest BCUT2D eigenvalue weighted by Gasteiger charge is 2.23. The first-order chi connectivity index (χ1) is 9.24. The summed E-state index contributed by atoms with van der Waals surface area (Å²) in [5.41, 5.74) is 4.21. The molecule has 0 aliphatic heterocycles. The lowest BCUT2D eigenvalue weighted by molar-refractivity contribution is 0.464. The maximum Gasteiger partial charge on any atom is 0.0331 e. The zero-order valence-electron chi connectivity index (χ0n) is 10.9. The monoisotopic (exact) mass is 316 g/mol. The second kappa shape index (κ2) is 5.43. The molecule has 2 aromatic rings. The molecule has 1 unspecified atom stereocenters. The zero-order valence-corrected chi connectivity index (χ0v) is 12.5. The summed E-state index contributed by atoms with van der Waals surface area (Å²) in [6.45, 7) is 2.21. The highest BCUT2D eigenvalue weighted by Crippen LogP contribution is 2.34. The standard InChI is InChI=1S/C16H17BrN2/c1-11(12-6-8-18-9-7-12)19-16-5-2-13-10-14(17)3-4-15(13)16/h3-4,6-11,16,19H,2,5H2,1H3/t11-,16?/m1/s1. The van der Waals surface area contributed by atoms with Crippen LogP contribution >= 0.6 is 15.9 Å². The van der Waals surface area contributed by atoms with Crippen LogP contribution in [0.4, 0.5) is 0 Å². The number of hydrogen-bond acceptors (Lipinski definition) is 2. The van der Waals surface area contributed by atoms with E-state index in [-0.39, 0.29) is 0 Å². The third kappa shape index (κ3) is 2.72. The van der Waals surface area contributed by atoms with Gasteiger partial charge < -0.3 is 5.32 Å². The van der Waals surface area contributed by atoms with E-state index in [0.717, 1.165) is 6.42 Å². The quantitative estimate of drug-likeness (QED) is 0.918. The lowest BCUT2D eigenvalue weighted by atomic mass is 10.1. The molecule has 1 aromatic carbocycles. The number of aryl methyl sites for hydroxylation is 1. The van der Waals surface area contributed by atoms with Crippen LogP contribution in [0, 0.1) is 0 Å². The van der Waals surface area contributed by atoms with E-state index in [9.17, 15) is 0 Å². The van der Waals surface area contributed by atoms with E-state index in [4.69, 9.17) is 0 Å². The van der Waals surface area contributed by atoms with Crippen LogP contribution in [0.3, 0.4) is 0 Å². The molecule has 0 spiro atoms. The third-order valence-electron chi connectivity index (χ3n) is 3.84. The Morgan fingerprint density at radius 1 is 1.26 bits per heavy atom. The third-order valence-corrected chi connectivity index (χ3v) is 4.33. The Morgan fingerprint density at radius 2 is 2.05 bits per heavy atom. The first-order valence-electron chi connectivity index (χ1n) is 6.68. The van der Waals surface area contributed by atoms with Gasteiger partial charge in [-0.2, -0.15) is 0 Å². The van der Waals surface area contributed by atoms with Gasteiger partial charge in [-0.25, -0.2) is 0 Å². The van der Waals surface area contributed by atoms with Crippen molar-refractivity contribution < 1.29 is 0 Å². The topological polar surface area (TPSA) is 24.9 Å². The average molecular weight is 317 g/mol. The van der Waals surface area contributed by atoms with Crippen molar-refractivity contribution in [1.29, 1.82) is 0 Å². The summed E-state index contributed by atoms with van der Waals surface area (Å²) in [6.07, 6.45) is 6.05. The number of pyridine rings is 1. The Balaban J connectivity index is 1.76. The minimum absolute atomic E-state index is 0.350. The summed E-state index contributed by atoms with van der Waals surface area (Å²) in [5, 5.41) is 3.73. The van der Waals surface area contributed by atoms with Crippen molar-refractivity contribution in [3.63, 3.8) is 0 Å². The Bertz CT molecular complexity index is 568. The van der Waals surface area contributed by atoms with Crippen molar-refractivity contribution in [3.05, 3.63) is 63.9 Å². The van der Waals surface area contributed by atoms with Gasteiger partial charge in [0.1, 0.15) is 0 Å². The van der Waals surface area contributed by atoms with Crippen molar-refractivity contribution in [2.24, 2.45) is 0 Å². The molecular weight excluding hydrogens is 300 g/mol. The number of nitrogens with zero attached hydrogens (tertiary/aromatic N) is 1. The van der Waals surface area contributed by atoms with E-state index in [1.165, 1.54) is 27.6 Å². The van der Waals surface area contributed by atoms with Crippen LogP contribution in [0.15, 0.2) is 47.2 Å². The fraction of sp³-hybridized carbons (Fsp3) is 0.312. The normalized spacial score (nSPS) is 19.2. The van der Waals surface area contributed by atoms with Gasteiger partial charge in [-0.1, -0.05) is 22.0 Å². The van der Waals surface area contributed by atoms with Crippen LogP contribution in [0.5, 0.6) is 0 Å². The number of fused-ring (bicyclic) bond motifs is 1. The van der Waals surface area contributed by atoms with E-state index in [1.807, 2.05) is 12.4 Å². The molecule has 0 radical (unpaired) electrons. The number of aromatic nitrogens is 1. The van der Waals surface area contributed by atoms with E-state index in [0.29, 0.717) is 12.1 Å². The largest absolute Gasteiger partial charge is 0.303 e. The number of halogens is 1. The van der Waals surface area contributed by atoms with Gasteiger partial charge in [0.2, 0.25) is 0 Å². The molecule has 1 aliphatic rings. The van der Waals surface area contributed by atoms with Crippen LogP contribution in [0.2, 0.25) is 0 Å². The molecule has 0 fully saturated rings. The molecule has 0 amide bonds. The first-order valence-corrected chi connectivity index (χ1v) is 7.47. The van der Waals surface area contributed by atoms with Crippen LogP contribution in [0.25, 0.3) is 0 Å². The van der Waals surface area contributed by atoms with Gasteiger partial charge in [0, 0.05) is 29.0 Å². The van der Waals surface area contributed by atoms with E-state index in [2.05, 4.69) is 63.5 Å². The number of hydrogen-bond donors (Lipinski definition) is 1. The van der Waals surface area contributed by atoms with Crippen LogP contribution in [0.1, 0.15) is 42.1 Å². The van der Waals surface area contributed by atoms with Gasteiger partial charge in [-0.05, 0) is 60.7 Å². The number of rotatable bonds is 3. The predicted octanol–water partition coefficient (Wildman–Crippen LogP) is 4.18. The number of nitrogens with one attached hydrogen (secondary N) is 1. The molecule has 0 saturated carbocycles. The highest BCUT2D eigenvalue weighted by molar-refractivity contribution is 9.10. The molecule has 0 bridgehead atoms. The lowest BCUT2D eigenvalue weighted by Crippen LogP contribution is -2.22. The summed E-state index contributed by atoms with van der Waals surface area (Å²) in [7, 11) is 0. The molecular formula is C16H17BrN2. The Hall–Kier alpha value is -1.19. The molecule has 2 nitrogen and oxygen atoms in total. The summed E-state index contributed by atoms with van der Waals surface area (Å²) < 4.78 is 1.18. The smallest absolute Gasteiger partial charge is 0.0331 e. The number of benzene rings is 1. The molecule has 19 heavy (non-hydrogen) atoms. The van der Waals surface area contributed by atoms with Crippen molar-refractivity contribution in [3.8, 4) is 0 Å². The van der Waals surface area contributed by atoms with E-state index >= 15 is 0 Å². The van der Waals surface area contributed by atoms with Crippen molar-refractivity contribution in [1.82, 2.24) is 10.3 Å². The molecule has 0 saturated heterocycles. The Labute approximate surface area is 122 Å². The van der Waals surface area contributed by atoms with Crippen LogP contribution < -0.4 is 5.32 Å². The maximum absolute atomic E-state index is 4.07. The SMILES string of the molecule is C[C@@H](NC1CCc2cc(Br)ccc21)c1ccncc1. The van der Waals surface area contributed by atoms with Gasteiger partial charge in [0.05, 0.1) is 0 Å². The first kappa shape index (κ1) is 12.8. The fourth-order valence-electron chi connectivity index (χ4n) is 2.81. The van der Waals surface area contributed by atoms with E-state index in [1.54, 1.807) is 0 Å². The van der Waals surface area contributed by atoms with E-state index < -0.39 is 0 Å². The molecule has 2 atom stereocenters. The summed E-state index contributed by atoms with van der Waals surface area (Å²) in [6, 6.07) is 11.6. The highest BCUT2D eigenvalue weighted by atomic mass is 79.9. The van der Waals surface area contributed by atoms with Crippen molar-refractivity contribution >= 4 is 15.9 Å². The van der Waals surface area contributed by atoms with Gasteiger partial charge >= 0.3 is 0 Å². The molecule has 1 N–H and O–H groups in total. The minimum Gasteiger partial charge on any atom is -0.303 e. The minimum atomic E-state index is 0.350. The van der Waals surface area contributed by atoms with Crippen molar-refractivity contribution in [2.45, 2.75) is 31.8 Å². The van der Waals surface area contributed by atoms with Crippen LogP contribution in [-0.4, -0.2) is 4.98 Å². The summed E-state index contributed by atoms with van der Waals surface area (Å²) >= 11 is 3.55. The zero-order chi connectivity index (χ0) is 13.2. The molecule has 1 aliphatic carbocycles. The maximum atomic E-state index is 4.07. The van der Waals surface area contributed by atoms with Gasteiger partial charge in [-0.15, -0.1) is 0 Å². The second-order valence-electron chi connectivity index (χ2n) is 5.10. The van der Waals surface area contributed by atoms with Crippen molar-refractivity contribution in [2.75, 3.05) is 0 Å². The molecule has 1 aromatic heterocycles. The summed E-state index contributed by atoms with van der Waals surface area (Å²) in [4.78, 5) is 4.07. The predicted molar refractivity (Wildman–Crippen MR) is 81.0 cm³/mol. The Kier molecular flexibility index (Phi) is 3.67. The average Bonchev–Trinajstić information content (AvgIpc) is 2.82. The van der Waals surface area contributed by atoms with Gasteiger partial charge in [-0.3, -0.25) is 4.98 Å². The van der Waals surface area contributed by atoms with Crippen LogP contribution in [-0.2, 0) is 6.42 Å². The molecule has 3 heteroatoms. The Morgan fingerprint density at radius 3 is 2.84 bits per heavy atom. The molecule has 98 valence electrons. The van der Waals surface area contributed by atoms with Gasteiger partial charge in [0.15, 0.2) is 0 Å².